The molecule has 5 heteroatoms. The molecular weight excluding hydrogens is 388 g/mol. The minimum Gasteiger partial charge on any atom is -0.218 e. The second kappa shape index (κ2) is 8.84. The Morgan fingerprint density at radius 3 is 1.93 bits per heavy atom. The van der Waals surface area contributed by atoms with Crippen molar-refractivity contribution >= 4 is 12.2 Å². The minimum absolute atomic E-state index is 0.0837. The van der Waals surface area contributed by atoms with Gasteiger partial charge in [0.05, 0.1) is 12.2 Å². The number of hydrogen-bond acceptors (Lipinski definition) is 3. The average Bonchev–Trinajstić information content (AvgIpc) is 3.00. The third-order valence-corrected chi connectivity index (χ3v) is 5.58. The van der Waals surface area contributed by atoms with Crippen LogP contribution in [0.25, 0.3) is 5.69 Å². The number of rotatable bonds is 6. The van der Waals surface area contributed by atoms with E-state index in [1.807, 2.05) is 9.36 Å². The maximum absolute atomic E-state index is 5.81. The first kappa shape index (κ1) is 22.4. The molecule has 0 aliphatic carbocycles. The zero-order valence-corrected chi connectivity index (χ0v) is 20.1. The smallest absolute Gasteiger partial charge is 0.218 e. The summed E-state index contributed by atoms with van der Waals surface area (Å²) in [5.74, 6) is 0.700. The minimum atomic E-state index is 0.0837. The van der Waals surface area contributed by atoms with Crippen LogP contribution in [0, 0.1) is 10.2 Å². The fourth-order valence-corrected chi connectivity index (χ4v) is 3.99. The molecule has 0 radical (unpaired) electrons. The van der Waals surface area contributed by atoms with Gasteiger partial charge in [-0.25, -0.2) is 4.68 Å². The lowest BCUT2D eigenvalue weighted by atomic mass is 9.88. The number of benzene rings is 2. The van der Waals surface area contributed by atoms with Crippen LogP contribution in [0.1, 0.15) is 82.6 Å². The summed E-state index contributed by atoms with van der Waals surface area (Å²) in [5, 5.41) is 8.89. The first-order valence-electron chi connectivity index (χ1n) is 10.8. The van der Waals surface area contributed by atoms with E-state index in [1.165, 1.54) is 22.3 Å². The van der Waals surface area contributed by atoms with E-state index < -0.39 is 0 Å². The lowest BCUT2D eigenvalue weighted by Gasteiger charge is -2.21. The van der Waals surface area contributed by atoms with Gasteiger partial charge in [0.2, 0.25) is 4.77 Å². The molecule has 30 heavy (non-hydrogen) atoms. The van der Waals surface area contributed by atoms with Crippen LogP contribution < -0.4 is 0 Å². The number of hydrogen-bond donors (Lipinski definition) is 0. The van der Waals surface area contributed by atoms with E-state index in [-0.39, 0.29) is 5.41 Å². The van der Waals surface area contributed by atoms with E-state index in [2.05, 4.69) is 101 Å². The molecule has 0 saturated carbocycles. The van der Waals surface area contributed by atoms with E-state index in [1.54, 1.807) is 0 Å². The molecule has 3 rings (SSSR count). The Balaban J connectivity index is 2.16. The Hall–Kier alpha value is -2.27. The van der Waals surface area contributed by atoms with Crippen LogP contribution in [0.15, 0.2) is 42.5 Å². The van der Waals surface area contributed by atoms with Crippen LogP contribution in [0.2, 0.25) is 0 Å². The lowest BCUT2D eigenvalue weighted by Crippen LogP contribution is -2.17. The monoisotopic (exact) mass is 422 g/mol. The molecule has 0 aliphatic rings. The average molecular weight is 423 g/mol. The molecule has 0 saturated heterocycles. The zero-order valence-electron chi connectivity index (χ0n) is 19.3. The Bertz CT molecular complexity index is 1020. The Labute approximate surface area is 185 Å². The summed E-state index contributed by atoms with van der Waals surface area (Å²) in [6, 6.07) is 15.3. The van der Waals surface area contributed by atoms with Gasteiger partial charge in [0.1, 0.15) is 0 Å². The van der Waals surface area contributed by atoms with Crippen LogP contribution in [0.4, 0.5) is 0 Å². The Kier molecular flexibility index (Phi) is 6.61. The van der Waals surface area contributed by atoms with Crippen molar-refractivity contribution in [3.05, 3.63) is 69.5 Å². The van der Waals surface area contributed by atoms with Crippen molar-refractivity contribution in [1.29, 1.82) is 0 Å². The van der Waals surface area contributed by atoms with E-state index in [0.717, 1.165) is 18.7 Å². The molecule has 2 aromatic carbocycles. The highest BCUT2D eigenvalue weighted by molar-refractivity contribution is 7.71. The summed E-state index contributed by atoms with van der Waals surface area (Å²) in [6.07, 6.45) is 0.919. The first-order valence-corrected chi connectivity index (χ1v) is 11.2. The van der Waals surface area contributed by atoms with E-state index in [9.17, 15) is 0 Å². The third-order valence-electron chi connectivity index (χ3n) is 5.20. The van der Waals surface area contributed by atoms with Gasteiger partial charge < -0.3 is 0 Å². The molecule has 1 heterocycles. The molecule has 0 spiro atoms. The second-order valence-corrected chi connectivity index (χ2v) is 10.4. The standard InChI is InChI=1S/C25H34N4S/c1-17(2)21-14-20(13-19-11-9-8-10-12-19)15-22(18(3)4)23(21)29-24(30)28(26-27-29)16-25(5,6)7/h8-12,14-15,17-18H,13,16H2,1-7H3. The molecule has 0 aliphatic heterocycles. The number of nitrogens with zero attached hydrogens (tertiary/aromatic N) is 4. The normalized spacial score (nSPS) is 12.2. The summed E-state index contributed by atoms with van der Waals surface area (Å²) in [7, 11) is 0. The number of tetrazole rings is 1. The van der Waals surface area contributed by atoms with Crippen molar-refractivity contribution in [3.8, 4) is 5.69 Å². The van der Waals surface area contributed by atoms with Gasteiger partial charge >= 0.3 is 0 Å². The van der Waals surface area contributed by atoms with Crippen molar-refractivity contribution in [2.24, 2.45) is 5.41 Å². The summed E-state index contributed by atoms with van der Waals surface area (Å²) in [5.41, 5.74) is 6.37. The van der Waals surface area contributed by atoms with Gasteiger partial charge in [0.25, 0.3) is 0 Å². The summed E-state index contributed by atoms with van der Waals surface area (Å²) in [6.45, 7) is 16.2. The predicted octanol–water partition coefficient (Wildman–Crippen LogP) is 6.68. The molecule has 0 bridgehead atoms. The van der Waals surface area contributed by atoms with E-state index in [4.69, 9.17) is 12.2 Å². The lowest BCUT2D eigenvalue weighted by molar-refractivity contribution is 0.319. The highest BCUT2D eigenvalue weighted by atomic mass is 32.1. The second-order valence-electron chi connectivity index (χ2n) is 9.99. The summed E-state index contributed by atoms with van der Waals surface area (Å²) >= 11 is 5.81. The van der Waals surface area contributed by atoms with Gasteiger partial charge in [-0.3, -0.25) is 0 Å². The molecule has 1 aromatic heterocycles. The van der Waals surface area contributed by atoms with Gasteiger partial charge in [-0.1, -0.05) is 90.9 Å². The van der Waals surface area contributed by atoms with Crippen LogP contribution in [0.5, 0.6) is 0 Å². The maximum atomic E-state index is 5.81. The zero-order chi connectivity index (χ0) is 22.1. The molecule has 160 valence electrons. The van der Waals surface area contributed by atoms with Crippen molar-refractivity contribution in [1.82, 2.24) is 19.8 Å². The largest absolute Gasteiger partial charge is 0.220 e. The van der Waals surface area contributed by atoms with Gasteiger partial charge in [-0.15, -0.1) is 0 Å². The first-order chi connectivity index (χ1) is 14.1. The predicted molar refractivity (Wildman–Crippen MR) is 127 cm³/mol. The topological polar surface area (TPSA) is 35.6 Å². The van der Waals surface area contributed by atoms with Gasteiger partial charge in [-0.2, -0.15) is 4.68 Å². The van der Waals surface area contributed by atoms with Crippen molar-refractivity contribution in [2.45, 2.75) is 73.3 Å². The van der Waals surface area contributed by atoms with Crippen LogP contribution >= 0.6 is 12.2 Å². The molecule has 0 fully saturated rings. The number of aromatic nitrogens is 4. The van der Waals surface area contributed by atoms with Crippen molar-refractivity contribution < 1.29 is 0 Å². The van der Waals surface area contributed by atoms with Crippen LogP contribution in [-0.4, -0.2) is 19.8 Å². The summed E-state index contributed by atoms with van der Waals surface area (Å²) in [4.78, 5) is 0. The van der Waals surface area contributed by atoms with Gasteiger partial charge in [0.15, 0.2) is 0 Å². The molecule has 3 aromatic rings. The van der Waals surface area contributed by atoms with Gasteiger partial charge in [-0.05, 0) is 68.6 Å². The van der Waals surface area contributed by atoms with E-state index >= 15 is 0 Å². The van der Waals surface area contributed by atoms with Crippen molar-refractivity contribution in [3.63, 3.8) is 0 Å². The Morgan fingerprint density at radius 1 is 0.867 bits per heavy atom. The van der Waals surface area contributed by atoms with Crippen LogP contribution in [0.3, 0.4) is 0 Å². The highest BCUT2D eigenvalue weighted by Crippen LogP contribution is 2.33. The molecule has 4 nitrogen and oxygen atoms in total. The maximum Gasteiger partial charge on any atom is 0.220 e. The van der Waals surface area contributed by atoms with Gasteiger partial charge in [0, 0.05) is 0 Å². The third kappa shape index (κ3) is 5.07. The van der Waals surface area contributed by atoms with Crippen LogP contribution in [-0.2, 0) is 13.0 Å². The fraction of sp³-hybridized carbons (Fsp3) is 0.480. The quantitative estimate of drug-likeness (QED) is 0.416. The SMILES string of the molecule is CC(C)c1cc(Cc2ccccc2)cc(C(C)C)c1-n1nnn(CC(C)(C)C)c1=S. The van der Waals surface area contributed by atoms with E-state index in [0.29, 0.717) is 16.6 Å². The summed E-state index contributed by atoms with van der Waals surface area (Å²) < 4.78 is 4.38. The van der Waals surface area contributed by atoms with Crippen molar-refractivity contribution in [2.75, 3.05) is 0 Å². The molecule has 0 amide bonds. The molecule has 0 unspecified atom stereocenters. The molecular formula is C25H34N4S. The Morgan fingerprint density at radius 2 is 1.43 bits per heavy atom. The fourth-order valence-electron chi connectivity index (χ4n) is 3.77. The molecule has 0 N–H and O–H groups in total. The molecule has 0 atom stereocenters. The highest BCUT2D eigenvalue weighted by Gasteiger charge is 2.21.